The van der Waals surface area contributed by atoms with Gasteiger partial charge in [-0.2, -0.15) is 0 Å². The molecule has 0 bridgehead atoms. The van der Waals surface area contributed by atoms with E-state index >= 15 is 0 Å². The van der Waals surface area contributed by atoms with Crippen LogP contribution in [0, 0.1) is 6.92 Å². The molecule has 0 spiro atoms. The fourth-order valence-corrected chi connectivity index (χ4v) is 2.85. The number of nitrogens with one attached hydrogen (secondary N) is 1. The van der Waals surface area contributed by atoms with E-state index in [2.05, 4.69) is 25.4 Å². The largest absolute Gasteiger partial charge is 0.497 e. The summed E-state index contributed by atoms with van der Waals surface area (Å²) in [5, 5.41) is 15.6. The van der Waals surface area contributed by atoms with Crippen molar-refractivity contribution in [2.75, 3.05) is 14.2 Å². The number of methoxy groups -OCH3 is 2. The number of thioether (sulfide) groups is 1. The van der Waals surface area contributed by atoms with Crippen LogP contribution in [0.5, 0.6) is 11.5 Å². The third-order valence-corrected chi connectivity index (χ3v) is 4.25. The maximum absolute atomic E-state index is 5.43. The summed E-state index contributed by atoms with van der Waals surface area (Å²) in [7, 11) is 3.21. The van der Waals surface area contributed by atoms with Crippen molar-refractivity contribution in [2.24, 2.45) is 0 Å². The third kappa shape index (κ3) is 3.35. The summed E-state index contributed by atoms with van der Waals surface area (Å²) in [5.74, 6) is 3.07. The second-order valence-electron chi connectivity index (χ2n) is 4.95. The van der Waals surface area contributed by atoms with Gasteiger partial charge in [-0.15, -0.1) is 15.3 Å². The molecule has 9 heteroatoms. The molecule has 0 aliphatic carbocycles. The van der Waals surface area contributed by atoms with Crippen LogP contribution in [0.25, 0.3) is 11.4 Å². The van der Waals surface area contributed by atoms with Gasteiger partial charge in [-0.3, -0.25) is 5.10 Å². The average molecular weight is 347 g/mol. The number of aromatic nitrogens is 5. The minimum atomic E-state index is -0.0485. The minimum Gasteiger partial charge on any atom is -0.497 e. The van der Waals surface area contributed by atoms with Gasteiger partial charge < -0.3 is 13.9 Å². The SMILES string of the molecule is COc1ccc(-c2nc(S[C@H](C)c3nnc(C)o3)n[nH]2)c(OC)c1. The Bertz CT molecular complexity index is 832. The monoisotopic (exact) mass is 347 g/mol. The van der Waals surface area contributed by atoms with Crippen molar-refractivity contribution in [3.63, 3.8) is 0 Å². The van der Waals surface area contributed by atoms with Crippen LogP contribution in [-0.4, -0.2) is 39.6 Å². The van der Waals surface area contributed by atoms with Crippen LogP contribution in [0.3, 0.4) is 0 Å². The highest BCUT2D eigenvalue weighted by Gasteiger charge is 2.18. The van der Waals surface area contributed by atoms with E-state index < -0.39 is 0 Å². The Balaban J connectivity index is 1.80. The van der Waals surface area contributed by atoms with Gasteiger partial charge in [-0.1, -0.05) is 11.8 Å². The molecule has 24 heavy (non-hydrogen) atoms. The standard InChI is InChI=1S/C15H17N5O3S/c1-8(14-19-17-9(2)23-14)24-15-16-13(18-20-15)11-6-5-10(21-3)7-12(11)22-4/h5-8H,1-4H3,(H,16,18,20)/t8-/m1/s1. The number of rotatable bonds is 6. The first-order valence-electron chi connectivity index (χ1n) is 7.22. The summed E-state index contributed by atoms with van der Waals surface area (Å²) in [6, 6.07) is 5.52. The molecule has 2 heterocycles. The van der Waals surface area contributed by atoms with E-state index in [1.54, 1.807) is 27.2 Å². The molecule has 1 N–H and O–H groups in total. The highest BCUT2D eigenvalue weighted by atomic mass is 32.2. The normalized spacial score (nSPS) is 12.2. The zero-order valence-corrected chi connectivity index (χ0v) is 14.5. The Labute approximate surface area is 143 Å². The first kappa shape index (κ1) is 16.3. The average Bonchev–Trinajstić information content (AvgIpc) is 3.23. The maximum Gasteiger partial charge on any atom is 0.229 e. The Hall–Kier alpha value is -2.55. The fraction of sp³-hybridized carbons (Fsp3) is 0.333. The molecule has 0 aliphatic heterocycles. The van der Waals surface area contributed by atoms with Crippen LogP contribution in [0.2, 0.25) is 0 Å². The first-order chi connectivity index (χ1) is 11.6. The van der Waals surface area contributed by atoms with Gasteiger partial charge in [0.2, 0.25) is 16.9 Å². The molecule has 2 aromatic heterocycles. The fourth-order valence-electron chi connectivity index (χ4n) is 2.10. The number of aryl methyl sites for hydroxylation is 1. The molecule has 0 saturated carbocycles. The predicted molar refractivity (Wildman–Crippen MR) is 88.2 cm³/mol. The molecule has 3 rings (SSSR count). The molecule has 3 aromatic rings. The maximum atomic E-state index is 5.43. The molecule has 1 atom stereocenters. The van der Waals surface area contributed by atoms with Crippen LogP contribution >= 0.6 is 11.8 Å². The highest BCUT2D eigenvalue weighted by molar-refractivity contribution is 7.99. The summed E-state index contributed by atoms with van der Waals surface area (Å²) >= 11 is 1.43. The van der Waals surface area contributed by atoms with Crippen LogP contribution in [0.1, 0.15) is 24.0 Å². The quantitative estimate of drug-likeness (QED) is 0.679. The van der Waals surface area contributed by atoms with E-state index in [9.17, 15) is 0 Å². The minimum absolute atomic E-state index is 0.0485. The summed E-state index contributed by atoms with van der Waals surface area (Å²) in [6.45, 7) is 3.72. The van der Waals surface area contributed by atoms with Gasteiger partial charge >= 0.3 is 0 Å². The van der Waals surface area contributed by atoms with E-state index in [1.807, 2.05) is 19.1 Å². The van der Waals surface area contributed by atoms with E-state index in [4.69, 9.17) is 13.9 Å². The molecule has 8 nitrogen and oxygen atoms in total. The molecule has 126 valence electrons. The van der Waals surface area contributed by atoms with Crippen LogP contribution in [0.4, 0.5) is 0 Å². The van der Waals surface area contributed by atoms with Crippen LogP contribution in [-0.2, 0) is 0 Å². The summed E-state index contributed by atoms with van der Waals surface area (Å²) in [4.78, 5) is 4.50. The highest BCUT2D eigenvalue weighted by Crippen LogP contribution is 2.35. The van der Waals surface area contributed by atoms with Crippen molar-refractivity contribution in [1.29, 1.82) is 0 Å². The Kier molecular flexibility index (Phi) is 4.70. The van der Waals surface area contributed by atoms with Crippen molar-refractivity contribution >= 4 is 11.8 Å². The lowest BCUT2D eigenvalue weighted by molar-refractivity contribution is 0.395. The second kappa shape index (κ2) is 6.91. The van der Waals surface area contributed by atoms with E-state index in [0.717, 1.165) is 5.56 Å². The number of benzene rings is 1. The number of nitrogens with zero attached hydrogens (tertiary/aromatic N) is 4. The zero-order chi connectivity index (χ0) is 17.1. The Morgan fingerprint density at radius 3 is 2.71 bits per heavy atom. The van der Waals surface area contributed by atoms with Gasteiger partial charge in [0, 0.05) is 13.0 Å². The number of hydrogen-bond acceptors (Lipinski definition) is 8. The molecule has 0 saturated heterocycles. The summed E-state index contributed by atoms with van der Waals surface area (Å²) < 4.78 is 16.0. The van der Waals surface area contributed by atoms with Gasteiger partial charge in [0.25, 0.3) is 0 Å². The first-order valence-corrected chi connectivity index (χ1v) is 8.10. The second-order valence-corrected chi connectivity index (χ2v) is 6.26. The smallest absolute Gasteiger partial charge is 0.229 e. The lowest BCUT2D eigenvalue weighted by Crippen LogP contribution is -1.92. The van der Waals surface area contributed by atoms with Crippen LogP contribution in [0.15, 0.2) is 27.8 Å². The topological polar surface area (TPSA) is 99.0 Å². The lowest BCUT2D eigenvalue weighted by Gasteiger charge is -2.07. The molecule has 0 amide bonds. The van der Waals surface area contributed by atoms with Crippen molar-refractivity contribution < 1.29 is 13.9 Å². The van der Waals surface area contributed by atoms with Gasteiger partial charge in [-0.05, 0) is 19.1 Å². The van der Waals surface area contributed by atoms with Crippen LogP contribution < -0.4 is 9.47 Å². The number of ether oxygens (including phenoxy) is 2. The molecular weight excluding hydrogens is 330 g/mol. The van der Waals surface area contributed by atoms with E-state index in [1.165, 1.54) is 11.8 Å². The van der Waals surface area contributed by atoms with Gasteiger partial charge in [0.15, 0.2) is 5.82 Å². The molecule has 1 aromatic carbocycles. The Morgan fingerprint density at radius 2 is 2.04 bits per heavy atom. The molecule has 0 aliphatic rings. The van der Waals surface area contributed by atoms with Gasteiger partial charge in [-0.25, -0.2) is 4.98 Å². The Morgan fingerprint density at radius 1 is 1.21 bits per heavy atom. The third-order valence-electron chi connectivity index (χ3n) is 3.30. The zero-order valence-electron chi connectivity index (χ0n) is 13.7. The molecular formula is C15H17N5O3S. The predicted octanol–water partition coefficient (Wildman–Crippen LogP) is 3.03. The van der Waals surface area contributed by atoms with Crippen molar-refractivity contribution in [1.82, 2.24) is 25.4 Å². The molecule has 0 radical (unpaired) electrons. The summed E-state index contributed by atoms with van der Waals surface area (Å²) in [6.07, 6.45) is 0. The molecule has 0 unspecified atom stereocenters. The van der Waals surface area contributed by atoms with Crippen molar-refractivity contribution in [3.8, 4) is 22.9 Å². The number of H-pyrrole nitrogens is 1. The van der Waals surface area contributed by atoms with Gasteiger partial charge in [0.05, 0.1) is 25.0 Å². The molecule has 0 fully saturated rings. The van der Waals surface area contributed by atoms with Crippen molar-refractivity contribution in [2.45, 2.75) is 24.3 Å². The van der Waals surface area contributed by atoms with E-state index in [-0.39, 0.29) is 5.25 Å². The summed E-state index contributed by atoms with van der Waals surface area (Å²) in [5.41, 5.74) is 0.805. The number of aromatic amines is 1. The van der Waals surface area contributed by atoms with Gasteiger partial charge in [0.1, 0.15) is 11.5 Å². The lowest BCUT2D eigenvalue weighted by atomic mass is 10.2. The van der Waals surface area contributed by atoms with E-state index in [0.29, 0.717) is 34.3 Å². The number of hydrogen-bond donors (Lipinski definition) is 1. The van der Waals surface area contributed by atoms with Crippen molar-refractivity contribution in [3.05, 3.63) is 30.0 Å².